The highest BCUT2D eigenvalue weighted by molar-refractivity contribution is 6.31. The number of para-hydroxylation sites is 1. The number of hydrogen-bond acceptors (Lipinski definition) is 5. The average molecular weight is 380 g/mol. The zero-order valence-corrected chi connectivity index (χ0v) is 14.6. The van der Waals surface area contributed by atoms with Gasteiger partial charge in [0.05, 0.1) is 6.54 Å². The number of aliphatic carboxylic acids is 1. The van der Waals surface area contributed by atoms with Gasteiger partial charge in [0.1, 0.15) is 11.3 Å². The second-order valence-electron chi connectivity index (χ2n) is 5.91. The molecule has 0 radical (unpaired) electrons. The number of amides is 4. The lowest BCUT2D eigenvalue weighted by atomic mass is 10.1. The topological polar surface area (TPSA) is 113 Å². The van der Waals surface area contributed by atoms with Crippen LogP contribution in [-0.2, 0) is 20.9 Å². The van der Waals surface area contributed by atoms with Crippen LogP contribution in [0.2, 0.25) is 0 Å². The summed E-state index contributed by atoms with van der Waals surface area (Å²) in [5.41, 5.74) is 0.822. The molecule has 8 nitrogen and oxygen atoms in total. The number of carbonyl (C=O) groups is 4. The van der Waals surface area contributed by atoms with Crippen LogP contribution in [0, 0.1) is 0 Å². The van der Waals surface area contributed by atoms with Crippen molar-refractivity contribution in [3.05, 3.63) is 71.3 Å². The molecule has 0 unspecified atom stereocenters. The van der Waals surface area contributed by atoms with Crippen molar-refractivity contribution in [3.8, 4) is 5.75 Å². The molecule has 142 valence electrons. The lowest BCUT2D eigenvalue weighted by Gasteiger charge is -2.26. The van der Waals surface area contributed by atoms with E-state index >= 15 is 0 Å². The van der Waals surface area contributed by atoms with Crippen molar-refractivity contribution in [1.29, 1.82) is 0 Å². The van der Waals surface area contributed by atoms with Gasteiger partial charge in [-0.1, -0.05) is 48.5 Å². The summed E-state index contributed by atoms with van der Waals surface area (Å²) in [7, 11) is 0. The number of nitrogens with zero attached hydrogens (tertiary/aromatic N) is 1. The molecular formula is C20H16N2O6. The summed E-state index contributed by atoms with van der Waals surface area (Å²) in [5, 5.41) is 10.9. The van der Waals surface area contributed by atoms with Gasteiger partial charge >= 0.3 is 12.0 Å². The maximum Gasteiger partial charge on any atom is 0.341 e. The first-order valence-corrected chi connectivity index (χ1v) is 8.32. The fraction of sp³-hybridized carbons (Fsp3) is 0.100. The van der Waals surface area contributed by atoms with Gasteiger partial charge in [-0.15, -0.1) is 0 Å². The summed E-state index contributed by atoms with van der Waals surface area (Å²) in [6, 6.07) is 14.5. The average Bonchev–Trinajstić information content (AvgIpc) is 2.68. The van der Waals surface area contributed by atoms with Crippen LogP contribution >= 0.6 is 0 Å². The van der Waals surface area contributed by atoms with Gasteiger partial charge in [0, 0.05) is 5.56 Å². The number of benzene rings is 2. The van der Waals surface area contributed by atoms with Crippen LogP contribution < -0.4 is 10.1 Å². The summed E-state index contributed by atoms with van der Waals surface area (Å²) in [5.74, 6) is -2.53. The summed E-state index contributed by atoms with van der Waals surface area (Å²) in [6.45, 7) is -0.563. The molecule has 1 aliphatic heterocycles. The van der Waals surface area contributed by atoms with E-state index in [0.29, 0.717) is 5.56 Å². The van der Waals surface area contributed by atoms with Gasteiger partial charge in [-0.3, -0.25) is 19.8 Å². The standard InChI is InChI=1S/C20H16N2O6/c23-17(24)12-28-16-9-5-4-8-14(16)10-15-18(25)21-20(27)22(19(15)26)11-13-6-2-1-3-7-13/h1-10H,11-12H2,(H,23,24)(H,21,25,27)/b15-10-. The van der Waals surface area contributed by atoms with Crippen LogP contribution in [0.3, 0.4) is 0 Å². The van der Waals surface area contributed by atoms with Crippen LogP contribution in [0.4, 0.5) is 4.79 Å². The molecule has 0 aliphatic carbocycles. The van der Waals surface area contributed by atoms with Crippen molar-refractivity contribution in [2.75, 3.05) is 6.61 Å². The number of barbiturate groups is 1. The van der Waals surface area contributed by atoms with E-state index in [1.54, 1.807) is 42.5 Å². The molecule has 1 saturated heterocycles. The second-order valence-corrected chi connectivity index (χ2v) is 5.91. The van der Waals surface area contributed by atoms with Crippen LogP contribution in [0.5, 0.6) is 5.75 Å². The third kappa shape index (κ3) is 4.24. The molecule has 2 N–H and O–H groups in total. The normalized spacial score (nSPS) is 15.5. The minimum atomic E-state index is -1.16. The number of carboxylic acid groups (broad SMARTS) is 1. The predicted octanol–water partition coefficient (Wildman–Crippen LogP) is 1.81. The Labute approximate surface area is 160 Å². The number of carbonyl (C=O) groups excluding carboxylic acids is 3. The predicted molar refractivity (Wildman–Crippen MR) is 98.1 cm³/mol. The van der Waals surface area contributed by atoms with E-state index < -0.39 is 30.4 Å². The van der Waals surface area contributed by atoms with E-state index in [1.807, 2.05) is 6.07 Å². The first-order chi connectivity index (χ1) is 13.5. The molecule has 4 amide bonds. The third-order valence-corrected chi connectivity index (χ3v) is 3.94. The molecule has 28 heavy (non-hydrogen) atoms. The molecule has 8 heteroatoms. The van der Waals surface area contributed by atoms with Gasteiger partial charge in [-0.05, 0) is 17.7 Å². The summed E-state index contributed by atoms with van der Waals surface area (Å²) >= 11 is 0. The van der Waals surface area contributed by atoms with E-state index in [2.05, 4.69) is 5.32 Å². The number of imide groups is 2. The Morgan fingerprint density at radius 2 is 1.71 bits per heavy atom. The van der Waals surface area contributed by atoms with Crippen LogP contribution in [0.15, 0.2) is 60.2 Å². The number of nitrogens with one attached hydrogen (secondary N) is 1. The number of ether oxygens (including phenoxy) is 1. The number of urea groups is 1. The van der Waals surface area contributed by atoms with Gasteiger partial charge in [0.15, 0.2) is 6.61 Å². The summed E-state index contributed by atoms with van der Waals surface area (Å²) in [6.07, 6.45) is 1.28. The number of rotatable bonds is 6. The quantitative estimate of drug-likeness (QED) is 0.584. The molecule has 1 heterocycles. The minimum absolute atomic E-state index is 0.00723. The fourth-order valence-corrected chi connectivity index (χ4v) is 2.63. The fourth-order valence-electron chi connectivity index (χ4n) is 2.63. The maximum absolute atomic E-state index is 12.8. The maximum atomic E-state index is 12.8. The van der Waals surface area contributed by atoms with Gasteiger partial charge in [0.2, 0.25) is 0 Å². The lowest BCUT2D eigenvalue weighted by molar-refractivity contribution is -0.139. The molecule has 0 aromatic heterocycles. The number of carboxylic acids is 1. The molecule has 2 aromatic carbocycles. The Balaban J connectivity index is 1.90. The van der Waals surface area contributed by atoms with E-state index in [0.717, 1.165) is 10.5 Å². The van der Waals surface area contributed by atoms with Crippen LogP contribution in [0.1, 0.15) is 11.1 Å². The van der Waals surface area contributed by atoms with E-state index in [1.165, 1.54) is 12.1 Å². The van der Waals surface area contributed by atoms with Crippen molar-refractivity contribution in [2.24, 2.45) is 0 Å². The van der Waals surface area contributed by atoms with Crippen molar-refractivity contribution < 1.29 is 29.0 Å². The van der Waals surface area contributed by atoms with Gasteiger partial charge in [-0.25, -0.2) is 9.59 Å². The molecule has 2 aromatic rings. The molecule has 0 saturated carbocycles. The summed E-state index contributed by atoms with van der Waals surface area (Å²) in [4.78, 5) is 48.8. The van der Waals surface area contributed by atoms with Crippen LogP contribution in [0.25, 0.3) is 6.08 Å². The first-order valence-electron chi connectivity index (χ1n) is 8.32. The second kappa shape index (κ2) is 8.17. The molecule has 1 fully saturated rings. The highest BCUT2D eigenvalue weighted by Crippen LogP contribution is 2.23. The third-order valence-electron chi connectivity index (χ3n) is 3.94. The van der Waals surface area contributed by atoms with E-state index in [4.69, 9.17) is 9.84 Å². The highest BCUT2D eigenvalue weighted by atomic mass is 16.5. The first kappa shape index (κ1) is 18.8. The Kier molecular flexibility index (Phi) is 5.50. The molecule has 3 rings (SSSR count). The van der Waals surface area contributed by atoms with E-state index in [-0.39, 0.29) is 17.9 Å². The SMILES string of the molecule is O=C(O)COc1ccccc1/C=C1/C(=O)NC(=O)N(Cc2ccccc2)C1=O. The lowest BCUT2D eigenvalue weighted by Crippen LogP contribution is -2.53. The highest BCUT2D eigenvalue weighted by Gasteiger charge is 2.35. The van der Waals surface area contributed by atoms with Crippen molar-refractivity contribution in [3.63, 3.8) is 0 Å². The Bertz CT molecular complexity index is 968. The molecule has 0 bridgehead atoms. The molecule has 1 aliphatic rings. The van der Waals surface area contributed by atoms with Crippen molar-refractivity contribution >= 4 is 29.9 Å². The zero-order chi connectivity index (χ0) is 20.1. The van der Waals surface area contributed by atoms with Gasteiger partial charge < -0.3 is 9.84 Å². The van der Waals surface area contributed by atoms with E-state index in [9.17, 15) is 19.2 Å². The van der Waals surface area contributed by atoms with Gasteiger partial charge in [-0.2, -0.15) is 0 Å². The van der Waals surface area contributed by atoms with Crippen molar-refractivity contribution in [2.45, 2.75) is 6.54 Å². The summed E-state index contributed by atoms with van der Waals surface area (Å²) < 4.78 is 5.19. The van der Waals surface area contributed by atoms with Crippen LogP contribution in [-0.4, -0.2) is 40.4 Å². The minimum Gasteiger partial charge on any atom is -0.481 e. The largest absolute Gasteiger partial charge is 0.481 e. The van der Waals surface area contributed by atoms with Gasteiger partial charge in [0.25, 0.3) is 11.8 Å². The Morgan fingerprint density at radius 1 is 1.04 bits per heavy atom. The zero-order valence-electron chi connectivity index (χ0n) is 14.6. The monoisotopic (exact) mass is 380 g/mol. The smallest absolute Gasteiger partial charge is 0.341 e. The van der Waals surface area contributed by atoms with Crippen molar-refractivity contribution in [1.82, 2.24) is 10.2 Å². The molecule has 0 spiro atoms. The molecule has 0 atom stereocenters. The Hall–Kier alpha value is -3.94. The Morgan fingerprint density at radius 3 is 2.43 bits per heavy atom. The molecular weight excluding hydrogens is 364 g/mol. The number of hydrogen-bond donors (Lipinski definition) is 2.